The highest BCUT2D eigenvalue weighted by Crippen LogP contribution is 2.44. The van der Waals surface area contributed by atoms with Gasteiger partial charge in [-0.15, -0.1) is 0 Å². The van der Waals surface area contributed by atoms with Crippen LogP contribution >= 0.6 is 11.6 Å². The molecular weight excluding hydrogens is 404 g/mol. The third-order valence-electron chi connectivity index (χ3n) is 5.19. The minimum atomic E-state index is -0.681. The molecule has 0 radical (unpaired) electrons. The van der Waals surface area contributed by atoms with E-state index < -0.39 is 12.1 Å². The van der Waals surface area contributed by atoms with E-state index in [-0.39, 0.29) is 18.4 Å². The number of para-hydroxylation sites is 1. The second kappa shape index (κ2) is 6.96. The Hall–Kier alpha value is -3.71. The number of amides is 3. The smallest absolute Gasteiger partial charge is 0.260 e. The summed E-state index contributed by atoms with van der Waals surface area (Å²) < 4.78 is 0. The van der Waals surface area contributed by atoms with E-state index >= 15 is 0 Å². The second-order valence-electron chi connectivity index (χ2n) is 7.00. The van der Waals surface area contributed by atoms with E-state index in [4.69, 9.17) is 11.6 Å². The number of fused-ring (bicyclic) bond motifs is 5. The highest BCUT2D eigenvalue weighted by molar-refractivity contribution is 6.30. The fraction of sp³-hybridized carbons (Fsp3) is 0.0909. The van der Waals surface area contributed by atoms with Gasteiger partial charge in [0.25, 0.3) is 11.8 Å². The van der Waals surface area contributed by atoms with Crippen LogP contribution in [0, 0.1) is 0 Å². The van der Waals surface area contributed by atoms with Gasteiger partial charge in [0.2, 0.25) is 5.91 Å². The molecule has 0 spiro atoms. The second-order valence-corrected chi connectivity index (χ2v) is 7.43. The van der Waals surface area contributed by atoms with E-state index in [1.807, 2.05) is 12.1 Å². The first-order valence-electron chi connectivity index (χ1n) is 9.28. The van der Waals surface area contributed by atoms with Crippen molar-refractivity contribution < 1.29 is 14.4 Å². The number of nitrogens with zero attached hydrogens (tertiary/aromatic N) is 3. The van der Waals surface area contributed by atoms with E-state index in [2.05, 4.69) is 10.3 Å². The molecule has 1 aromatic heterocycles. The molecule has 8 heteroatoms. The Morgan fingerprint density at radius 1 is 0.967 bits per heavy atom. The van der Waals surface area contributed by atoms with Crippen LogP contribution in [0.2, 0.25) is 5.02 Å². The van der Waals surface area contributed by atoms with Crippen molar-refractivity contribution in [2.24, 2.45) is 0 Å². The number of carbonyl (C=O) groups excluding carboxylic acids is 3. The Kier molecular flexibility index (Phi) is 4.25. The standard InChI is InChI=1S/C22H15ClN4O3/c23-13-9-10-18(24-11-13)25-19(28)12-26-20-14-5-1-2-6-15(14)22(30)27(20)17-8-4-3-7-16(17)21(26)29/h1-11,20H,12H2,(H,24,25,28)/t20-/m1/s1. The van der Waals surface area contributed by atoms with Crippen LogP contribution in [-0.2, 0) is 4.79 Å². The Morgan fingerprint density at radius 2 is 1.70 bits per heavy atom. The lowest BCUT2D eigenvalue weighted by atomic mass is 10.0. The maximum absolute atomic E-state index is 13.3. The molecule has 7 nitrogen and oxygen atoms in total. The summed E-state index contributed by atoms with van der Waals surface area (Å²) in [4.78, 5) is 46.2. The molecule has 2 aliphatic rings. The molecule has 0 bridgehead atoms. The Bertz CT molecular complexity index is 1190. The van der Waals surface area contributed by atoms with Gasteiger partial charge < -0.3 is 10.2 Å². The van der Waals surface area contributed by atoms with Crippen LogP contribution in [0.25, 0.3) is 0 Å². The normalized spacial score (nSPS) is 16.8. The summed E-state index contributed by atoms with van der Waals surface area (Å²) in [6.07, 6.45) is 0.743. The molecule has 3 aromatic rings. The van der Waals surface area contributed by atoms with Gasteiger partial charge in [0.15, 0.2) is 0 Å². The molecule has 148 valence electrons. The summed E-state index contributed by atoms with van der Waals surface area (Å²) in [5, 5.41) is 3.12. The maximum Gasteiger partial charge on any atom is 0.260 e. The zero-order valence-corrected chi connectivity index (χ0v) is 16.3. The predicted octanol–water partition coefficient (Wildman–Crippen LogP) is 3.49. The zero-order valence-electron chi connectivity index (χ0n) is 15.6. The first-order chi connectivity index (χ1) is 14.5. The molecule has 3 amide bonds. The molecule has 1 N–H and O–H groups in total. The van der Waals surface area contributed by atoms with E-state index in [1.165, 1.54) is 11.1 Å². The summed E-state index contributed by atoms with van der Waals surface area (Å²) >= 11 is 5.83. The fourth-order valence-electron chi connectivity index (χ4n) is 3.92. The highest BCUT2D eigenvalue weighted by Gasteiger charge is 2.48. The van der Waals surface area contributed by atoms with Crippen LogP contribution in [0.5, 0.6) is 0 Å². The van der Waals surface area contributed by atoms with Crippen LogP contribution in [0.3, 0.4) is 0 Å². The molecule has 0 saturated carbocycles. The minimum absolute atomic E-state index is 0.194. The van der Waals surface area contributed by atoms with Gasteiger partial charge >= 0.3 is 0 Å². The van der Waals surface area contributed by atoms with Crippen molar-refractivity contribution in [3.05, 3.63) is 88.6 Å². The molecule has 5 rings (SSSR count). The summed E-state index contributed by atoms with van der Waals surface area (Å²) in [5.41, 5.74) is 2.15. The van der Waals surface area contributed by atoms with Gasteiger partial charge in [0.05, 0.1) is 16.3 Å². The lowest BCUT2D eigenvalue weighted by Crippen LogP contribution is -2.50. The van der Waals surface area contributed by atoms with Crippen LogP contribution in [0.15, 0.2) is 66.9 Å². The number of anilines is 2. The molecule has 0 fully saturated rings. The molecule has 3 heterocycles. The third-order valence-corrected chi connectivity index (χ3v) is 5.42. The van der Waals surface area contributed by atoms with Crippen molar-refractivity contribution in [2.45, 2.75) is 6.17 Å². The number of benzene rings is 2. The third kappa shape index (κ3) is 2.83. The quantitative estimate of drug-likeness (QED) is 0.705. The number of hydrogen-bond acceptors (Lipinski definition) is 4. The van der Waals surface area contributed by atoms with Crippen molar-refractivity contribution in [1.29, 1.82) is 0 Å². The van der Waals surface area contributed by atoms with Crippen LogP contribution in [0.1, 0.15) is 32.4 Å². The number of aromatic nitrogens is 1. The summed E-state index contributed by atoms with van der Waals surface area (Å²) in [7, 11) is 0. The predicted molar refractivity (Wildman–Crippen MR) is 111 cm³/mol. The zero-order chi connectivity index (χ0) is 20.8. The topological polar surface area (TPSA) is 82.6 Å². The van der Waals surface area contributed by atoms with Gasteiger partial charge in [-0.2, -0.15) is 0 Å². The Morgan fingerprint density at radius 3 is 2.47 bits per heavy atom. The molecule has 2 aromatic carbocycles. The van der Waals surface area contributed by atoms with Gasteiger partial charge in [-0.05, 0) is 30.3 Å². The van der Waals surface area contributed by atoms with Crippen molar-refractivity contribution >= 4 is 40.8 Å². The van der Waals surface area contributed by atoms with Crippen LogP contribution in [0.4, 0.5) is 11.5 Å². The van der Waals surface area contributed by atoms with Crippen molar-refractivity contribution in [3.8, 4) is 0 Å². The van der Waals surface area contributed by atoms with Crippen molar-refractivity contribution in [1.82, 2.24) is 9.88 Å². The molecule has 1 atom stereocenters. The number of carbonyl (C=O) groups is 3. The Balaban J connectivity index is 1.52. The molecular formula is C22H15ClN4O3. The summed E-state index contributed by atoms with van der Waals surface area (Å²) in [6.45, 7) is -0.236. The lowest BCUT2D eigenvalue weighted by molar-refractivity contribution is -0.117. The van der Waals surface area contributed by atoms with E-state index in [0.717, 1.165) is 0 Å². The average Bonchev–Trinajstić information content (AvgIpc) is 3.06. The molecule has 2 aliphatic heterocycles. The number of halogens is 1. The minimum Gasteiger partial charge on any atom is -0.309 e. The Labute approximate surface area is 176 Å². The average molecular weight is 419 g/mol. The largest absolute Gasteiger partial charge is 0.309 e. The van der Waals surface area contributed by atoms with Gasteiger partial charge in [-0.3, -0.25) is 19.3 Å². The van der Waals surface area contributed by atoms with Crippen LogP contribution < -0.4 is 10.2 Å². The van der Waals surface area contributed by atoms with Gasteiger partial charge in [-0.25, -0.2) is 4.98 Å². The SMILES string of the molecule is O=C(CN1C(=O)c2ccccc2N2C(=O)c3ccccc3[C@H]12)Nc1ccc(Cl)cn1. The first-order valence-corrected chi connectivity index (χ1v) is 9.66. The lowest BCUT2D eigenvalue weighted by Gasteiger charge is -2.40. The monoisotopic (exact) mass is 418 g/mol. The van der Waals surface area contributed by atoms with E-state index in [9.17, 15) is 14.4 Å². The van der Waals surface area contributed by atoms with Crippen LogP contribution in [-0.4, -0.2) is 34.2 Å². The van der Waals surface area contributed by atoms with E-state index in [1.54, 1.807) is 53.4 Å². The summed E-state index contributed by atoms with van der Waals surface area (Å²) in [6, 6.07) is 17.3. The number of pyridine rings is 1. The fourth-order valence-corrected chi connectivity index (χ4v) is 4.03. The van der Waals surface area contributed by atoms with Crippen molar-refractivity contribution in [3.63, 3.8) is 0 Å². The van der Waals surface area contributed by atoms with Crippen molar-refractivity contribution in [2.75, 3.05) is 16.8 Å². The molecule has 0 unspecified atom stereocenters. The van der Waals surface area contributed by atoms with Gasteiger partial charge in [-0.1, -0.05) is 41.9 Å². The number of hydrogen-bond donors (Lipinski definition) is 1. The molecule has 30 heavy (non-hydrogen) atoms. The summed E-state index contributed by atoms with van der Waals surface area (Å²) in [5.74, 6) is -0.598. The molecule has 0 saturated heterocycles. The highest BCUT2D eigenvalue weighted by atomic mass is 35.5. The first kappa shape index (κ1) is 18.3. The molecule has 0 aliphatic carbocycles. The van der Waals surface area contributed by atoms with E-state index in [0.29, 0.717) is 33.2 Å². The maximum atomic E-state index is 13.3. The number of rotatable bonds is 3. The number of nitrogens with one attached hydrogen (secondary N) is 1. The van der Waals surface area contributed by atoms with Gasteiger partial charge in [0.1, 0.15) is 18.5 Å². The van der Waals surface area contributed by atoms with Gasteiger partial charge in [0, 0.05) is 17.3 Å².